The fourth-order valence-electron chi connectivity index (χ4n) is 2.39. The average Bonchev–Trinajstić information content (AvgIpc) is 2.87. The highest BCUT2D eigenvalue weighted by molar-refractivity contribution is 7.88. The fraction of sp³-hybridized carbons (Fsp3) is 0.667. The Bertz CT molecular complexity index is 583. The Morgan fingerprint density at radius 1 is 1.60 bits per heavy atom. The van der Waals surface area contributed by atoms with Gasteiger partial charge in [-0.15, -0.1) is 11.3 Å². The molecule has 0 radical (unpaired) electrons. The maximum absolute atomic E-state index is 12.1. The lowest BCUT2D eigenvalue weighted by molar-refractivity contribution is 0.0938. The third-order valence-electron chi connectivity index (χ3n) is 3.44. The topological polar surface area (TPSA) is 93.4 Å². The number of nitrogens with two attached hydrogens (primary N) is 1. The minimum atomic E-state index is -3.17. The standard InChI is InChI=1S/C12H19N3O3S2/c1-20(17,18)15-4-2-3-9(7-15)5-11(16)10-8-19-12(6-13)14-10/h8-9H,2-7,13H2,1H3. The van der Waals surface area contributed by atoms with Gasteiger partial charge in [0.15, 0.2) is 5.78 Å². The molecule has 8 heteroatoms. The van der Waals surface area contributed by atoms with Gasteiger partial charge >= 0.3 is 0 Å². The lowest BCUT2D eigenvalue weighted by Crippen LogP contribution is -2.39. The van der Waals surface area contributed by atoms with Crippen LogP contribution in [0.15, 0.2) is 5.38 Å². The van der Waals surface area contributed by atoms with Gasteiger partial charge in [0, 0.05) is 31.4 Å². The summed E-state index contributed by atoms with van der Waals surface area (Å²) in [6.45, 7) is 1.32. The summed E-state index contributed by atoms with van der Waals surface area (Å²) in [4.78, 5) is 16.3. The van der Waals surface area contributed by atoms with Crippen molar-refractivity contribution in [1.82, 2.24) is 9.29 Å². The minimum absolute atomic E-state index is 0.0266. The Kier molecular flexibility index (Phi) is 4.90. The lowest BCUT2D eigenvalue weighted by atomic mass is 9.93. The van der Waals surface area contributed by atoms with Gasteiger partial charge in [0.25, 0.3) is 0 Å². The van der Waals surface area contributed by atoms with Crippen LogP contribution in [0.3, 0.4) is 0 Å². The number of piperidine rings is 1. The normalized spacial score (nSPS) is 21.0. The Morgan fingerprint density at radius 2 is 2.35 bits per heavy atom. The van der Waals surface area contributed by atoms with Crippen molar-refractivity contribution in [3.05, 3.63) is 16.1 Å². The molecule has 0 spiro atoms. The van der Waals surface area contributed by atoms with Crippen LogP contribution < -0.4 is 5.73 Å². The monoisotopic (exact) mass is 317 g/mol. The summed E-state index contributed by atoms with van der Waals surface area (Å²) >= 11 is 1.38. The number of sulfonamides is 1. The molecule has 1 unspecified atom stereocenters. The molecule has 1 aliphatic rings. The maximum atomic E-state index is 12.1. The summed E-state index contributed by atoms with van der Waals surface area (Å²) in [6, 6.07) is 0. The highest BCUT2D eigenvalue weighted by Crippen LogP contribution is 2.23. The second-order valence-corrected chi connectivity index (χ2v) is 8.01. The number of hydrogen-bond donors (Lipinski definition) is 1. The van der Waals surface area contributed by atoms with Gasteiger partial charge in [-0.2, -0.15) is 0 Å². The van der Waals surface area contributed by atoms with E-state index in [-0.39, 0.29) is 11.7 Å². The number of carbonyl (C=O) groups is 1. The molecule has 0 amide bonds. The van der Waals surface area contributed by atoms with Gasteiger partial charge in [0.2, 0.25) is 10.0 Å². The van der Waals surface area contributed by atoms with E-state index in [4.69, 9.17) is 5.73 Å². The van der Waals surface area contributed by atoms with E-state index in [9.17, 15) is 13.2 Å². The van der Waals surface area contributed by atoms with Crippen molar-refractivity contribution in [2.24, 2.45) is 11.7 Å². The van der Waals surface area contributed by atoms with Crippen molar-refractivity contribution >= 4 is 27.1 Å². The number of Topliss-reactive ketones (excluding diaryl/α,β-unsaturated/α-hetero) is 1. The molecular weight excluding hydrogens is 298 g/mol. The molecule has 0 aromatic carbocycles. The molecule has 1 saturated heterocycles. The van der Waals surface area contributed by atoms with Gasteiger partial charge < -0.3 is 5.73 Å². The zero-order chi connectivity index (χ0) is 14.8. The summed E-state index contributed by atoms with van der Waals surface area (Å²) in [5, 5.41) is 2.47. The summed E-state index contributed by atoms with van der Waals surface area (Å²) in [5.74, 6) is 0.0512. The predicted molar refractivity (Wildman–Crippen MR) is 78.1 cm³/mol. The van der Waals surface area contributed by atoms with Crippen LogP contribution >= 0.6 is 11.3 Å². The molecule has 1 aromatic rings. The molecule has 0 bridgehead atoms. The number of ketones is 1. The van der Waals surface area contributed by atoms with Gasteiger partial charge in [0.05, 0.1) is 6.26 Å². The molecule has 112 valence electrons. The molecule has 6 nitrogen and oxygen atoms in total. The molecule has 0 aliphatic carbocycles. The van der Waals surface area contributed by atoms with Crippen molar-refractivity contribution in [2.75, 3.05) is 19.3 Å². The molecule has 20 heavy (non-hydrogen) atoms. The van der Waals surface area contributed by atoms with Gasteiger partial charge in [-0.1, -0.05) is 0 Å². The van der Waals surface area contributed by atoms with Crippen LogP contribution in [0.4, 0.5) is 0 Å². The second kappa shape index (κ2) is 6.30. The highest BCUT2D eigenvalue weighted by Gasteiger charge is 2.27. The van der Waals surface area contributed by atoms with E-state index < -0.39 is 10.0 Å². The lowest BCUT2D eigenvalue weighted by Gasteiger charge is -2.30. The minimum Gasteiger partial charge on any atom is -0.325 e. The van der Waals surface area contributed by atoms with Crippen LogP contribution in [0, 0.1) is 5.92 Å². The quantitative estimate of drug-likeness (QED) is 0.813. The first-order valence-electron chi connectivity index (χ1n) is 6.53. The Labute approximate surface area is 123 Å². The molecule has 1 aromatic heterocycles. The van der Waals surface area contributed by atoms with Crippen molar-refractivity contribution in [1.29, 1.82) is 0 Å². The first-order chi connectivity index (χ1) is 9.40. The number of aromatic nitrogens is 1. The van der Waals surface area contributed by atoms with E-state index in [0.717, 1.165) is 17.8 Å². The van der Waals surface area contributed by atoms with Gasteiger partial charge in [0.1, 0.15) is 10.7 Å². The Morgan fingerprint density at radius 3 is 2.95 bits per heavy atom. The van der Waals surface area contributed by atoms with Crippen LogP contribution in [0.25, 0.3) is 0 Å². The van der Waals surface area contributed by atoms with Gasteiger partial charge in [-0.25, -0.2) is 17.7 Å². The van der Waals surface area contributed by atoms with Crippen LogP contribution in [0.2, 0.25) is 0 Å². The smallest absolute Gasteiger partial charge is 0.211 e. The summed E-state index contributed by atoms with van der Waals surface area (Å²) < 4.78 is 24.6. The summed E-state index contributed by atoms with van der Waals surface area (Å²) in [7, 11) is -3.17. The van der Waals surface area contributed by atoms with Crippen LogP contribution in [-0.2, 0) is 16.6 Å². The number of carbonyl (C=O) groups excluding carboxylic acids is 1. The van der Waals surface area contributed by atoms with Crippen LogP contribution in [0.5, 0.6) is 0 Å². The van der Waals surface area contributed by atoms with E-state index in [2.05, 4.69) is 4.98 Å². The first kappa shape index (κ1) is 15.6. The van der Waals surface area contributed by atoms with Gasteiger partial charge in [-0.05, 0) is 18.8 Å². The Balaban J connectivity index is 1.97. The second-order valence-electron chi connectivity index (χ2n) is 5.09. The molecular formula is C12H19N3O3S2. The van der Waals surface area contributed by atoms with Crippen molar-refractivity contribution < 1.29 is 13.2 Å². The molecule has 1 aliphatic heterocycles. The predicted octanol–water partition coefficient (Wildman–Crippen LogP) is 0.846. The zero-order valence-electron chi connectivity index (χ0n) is 11.4. The van der Waals surface area contributed by atoms with E-state index in [1.165, 1.54) is 21.9 Å². The fourth-order valence-corrected chi connectivity index (χ4v) is 4.02. The molecule has 0 saturated carbocycles. The SMILES string of the molecule is CS(=O)(=O)N1CCCC(CC(=O)c2csc(CN)n2)C1. The van der Waals surface area contributed by atoms with Crippen LogP contribution in [-0.4, -0.2) is 42.8 Å². The van der Waals surface area contributed by atoms with E-state index >= 15 is 0 Å². The summed E-state index contributed by atoms with van der Waals surface area (Å²) in [5.41, 5.74) is 5.93. The van der Waals surface area contributed by atoms with E-state index in [1.54, 1.807) is 5.38 Å². The van der Waals surface area contributed by atoms with E-state index in [0.29, 0.717) is 31.7 Å². The Hall–Kier alpha value is -0.830. The maximum Gasteiger partial charge on any atom is 0.211 e. The van der Waals surface area contributed by atoms with E-state index in [1.807, 2.05) is 0 Å². The zero-order valence-corrected chi connectivity index (χ0v) is 13.0. The first-order valence-corrected chi connectivity index (χ1v) is 9.25. The summed E-state index contributed by atoms with van der Waals surface area (Å²) in [6.07, 6.45) is 3.24. The molecule has 2 heterocycles. The number of hydrogen-bond acceptors (Lipinski definition) is 6. The van der Waals surface area contributed by atoms with Crippen molar-refractivity contribution in [2.45, 2.75) is 25.8 Å². The molecule has 2 rings (SSSR count). The van der Waals surface area contributed by atoms with Crippen molar-refractivity contribution in [3.63, 3.8) is 0 Å². The number of rotatable bonds is 5. The molecule has 1 fully saturated rings. The molecule has 2 N–H and O–H groups in total. The highest BCUT2D eigenvalue weighted by atomic mass is 32.2. The average molecular weight is 317 g/mol. The van der Waals surface area contributed by atoms with Crippen molar-refractivity contribution in [3.8, 4) is 0 Å². The largest absolute Gasteiger partial charge is 0.325 e. The number of thiazole rings is 1. The molecule has 1 atom stereocenters. The third kappa shape index (κ3) is 3.85. The third-order valence-corrected chi connectivity index (χ3v) is 5.58. The van der Waals surface area contributed by atoms with Gasteiger partial charge in [-0.3, -0.25) is 4.79 Å². The van der Waals surface area contributed by atoms with Crippen LogP contribution in [0.1, 0.15) is 34.8 Å². The number of nitrogens with zero attached hydrogens (tertiary/aromatic N) is 2.